The number of nitrogens with one attached hydrogen (secondary N) is 1. The van der Waals surface area contributed by atoms with Crippen molar-refractivity contribution in [1.82, 2.24) is 14.8 Å². The number of amides is 1. The number of carboxylic acid groups (broad SMARTS) is 1. The highest BCUT2D eigenvalue weighted by molar-refractivity contribution is 5.91. The Balaban J connectivity index is 1.72. The highest BCUT2D eigenvalue weighted by Gasteiger charge is 2.43. The lowest BCUT2D eigenvalue weighted by molar-refractivity contribution is -0.153. The van der Waals surface area contributed by atoms with E-state index in [1.54, 1.807) is 25.1 Å². The minimum Gasteiger partial charge on any atom is -0.480 e. The number of carbonyl (C=O) groups excluding carboxylic acids is 1. The molecule has 0 saturated heterocycles. The largest absolute Gasteiger partial charge is 0.480 e. The van der Waals surface area contributed by atoms with Crippen LogP contribution in [-0.4, -0.2) is 65.2 Å². The van der Waals surface area contributed by atoms with Crippen molar-refractivity contribution < 1.29 is 24.2 Å². The lowest BCUT2D eigenvalue weighted by atomic mass is 9.87. The fourth-order valence-electron chi connectivity index (χ4n) is 4.57. The van der Waals surface area contributed by atoms with Gasteiger partial charge in [0.15, 0.2) is 11.5 Å². The zero-order valence-electron chi connectivity index (χ0n) is 17.3. The number of nitrogens with zero attached hydrogens (tertiary/aromatic N) is 2. The van der Waals surface area contributed by atoms with E-state index in [1.807, 2.05) is 36.4 Å². The van der Waals surface area contributed by atoms with Gasteiger partial charge in [0.1, 0.15) is 6.04 Å². The molecule has 3 heterocycles. The maximum Gasteiger partial charge on any atom is 0.326 e. The average Bonchev–Trinajstić information content (AvgIpc) is 3.35. The monoisotopic (exact) mass is 421 g/mol. The van der Waals surface area contributed by atoms with Gasteiger partial charge in [-0.25, -0.2) is 4.79 Å². The summed E-state index contributed by atoms with van der Waals surface area (Å²) in [6.45, 7) is 0.252. The predicted molar refractivity (Wildman–Crippen MR) is 113 cm³/mol. The molecule has 0 spiro atoms. The highest BCUT2D eigenvalue weighted by atomic mass is 16.7. The molecule has 0 aliphatic carbocycles. The summed E-state index contributed by atoms with van der Waals surface area (Å²) in [5.41, 5.74) is 3.46. The van der Waals surface area contributed by atoms with Crippen LogP contribution in [0.15, 0.2) is 42.5 Å². The molecular formula is C23H23N3O5. The standard InChI is InChI=1S/C23H23N3O5/c1-25(2)11-20(27)26-17(23(28)29)10-15-14-5-3-4-6-16(14)24-21(15)22(26)13-7-8-18-19(9-13)31-12-30-18/h3-9,17,22,24H,10-12H2,1-2H3,(H,28,29)/t17-,22-/m1/s1. The maximum atomic E-state index is 13.3. The second-order valence-corrected chi connectivity index (χ2v) is 8.17. The van der Waals surface area contributed by atoms with Crippen molar-refractivity contribution in [3.05, 3.63) is 59.3 Å². The van der Waals surface area contributed by atoms with Crippen molar-refractivity contribution in [2.75, 3.05) is 27.4 Å². The SMILES string of the molecule is CN(C)CC(=O)N1[C@H](c2ccc3c(c2)OCO3)c2[nH]c3ccccc3c2C[C@@H]1C(=O)O. The smallest absolute Gasteiger partial charge is 0.326 e. The van der Waals surface area contributed by atoms with Gasteiger partial charge in [-0.2, -0.15) is 0 Å². The molecule has 160 valence electrons. The van der Waals surface area contributed by atoms with Gasteiger partial charge < -0.3 is 29.4 Å². The van der Waals surface area contributed by atoms with Crippen LogP contribution in [0.3, 0.4) is 0 Å². The van der Waals surface area contributed by atoms with E-state index >= 15 is 0 Å². The van der Waals surface area contributed by atoms with Crippen molar-refractivity contribution >= 4 is 22.8 Å². The van der Waals surface area contributed by atoms with Gasteiger partial charge in [0.05, 0.1) is 12.6 Å². The summed E-state index contributed by atoms with van der Waals surface area (Å²) < 4.78 is 11.0. The number of carboxylic acids is 1. The molecule has 2 aliphatic heterocycles. The fraction of sp³-hybridized carbons (Fsp3) is 0.304. The lowest BCUT2D eigenvalue weighted by Crippen LogP contribution is -2.53. The lowest BCUT2D eigenvalue weighted by Gasteiger charge is -2.41. The number of para-hydroxylation sites is 1. The van der Waals surface area contributed by atoms with Crippen LogP contribution in [0, 0.1) is 0 Å². The third-order valence-corrected chi connectivity index (χ3v) is 5.87. The Kier molecular flexibility index (Phi) is 4.59. The first-order chi connectivity index (χ1) is 14.9. The summed E-state index contributed by atoms with van der Waals surface area (Å²) in [5, 5.41) is 11.1. The van der Waals surface area contributed by atoms with E-state index in [0.29, 0.717) is 11.5 Å². The molecule has 0 radical (unpaired) electrons. The fourth-order valence-corrected chi connectivity index (χ4v) is 4.57. The summed E-state index contributed by atoms with van der Waals surface area (Å²) in [7, 11) is 3.59. The quantitative estimate of drug-likeness (QED) is 0.672. The Morgan fingerprint density at radius 1 is 1.16 bits per heavy atom. The number of rotatable bonds is 4. The van der Waals surface area contributed by atoms with Crippen LogP contribution in [0.2, 0.25) is 0 Å². The summed E-state index contributed by atoms with van der Waals surface area (Å²) in [6.07, 6.45) is 0.245. The number of hydrogen-bond acceptors (Lipinski definition) is 5. The zero-order valence-corrected chi connectivity index (χ0v) is 17.3. The number of aliphatic carboxylic acids is 1. The number of carbonyl (C=O) groups is 2. The van der Waals surface area contributed by atoms with E-state index in [0.717, 1.165) is 27.7 Å². The van der Waals surface area contributed by atoms with Gasteiger partial charge in [0.2, 0.25) is 12.7 Å². The van der Waals surface area contributed by atoms with Crippen molar-refractivity contribution in [1.29, 1.82) is 0 Å². The Bertz CT molecular complexity index is 1190. The van der Waals surface area contributed by atoms with Gasteiger partial charge >= 0.3 is 5.97 Å². The van der Waals surface area contributed by atoms with Gasteiger partial charge in [-0.3, -0.25) is 4.79 Å². The van der Waals surface area contributed by atoms with Gasteiger partial charge in [0, 0.05) is 23.0 Å². The van der Waals surface area contributed by atoms with Gasteiger partial charge in [-0.05, 0) is 43.4 Å². The number of H-pyrrole nitrogens is 1. The molecule has 0 unspecified atom stereocenters. The number of benzene rings is 2. The van der Waals surface area contributed by atoms with Crippen LogP contribution in [-0.2, 0) is 16.0 Å². The van der Waals surface area contributed by atoms with E-state index in [4.69, 9.17) is 9.47 Å². The van der Waals surface area contributed by atoms with Gasteiger partial charge in [-0.1, -0.05) is 24.3 Å². The predicted octanol–water partition coefficient (Wildman–Crippen LogP) is 2.39. The summed E-state index contributed by atoms with van der Waals surface area (Å²) >= 11 is 0. The first kappa shape index (κ1) is 19.4. The number of aromatic nitrogens is 1. The van der Waals surface area contributed by atoms with Crippen molar-refractivity contribution in [2.24, 2.45) is 0 Å². The molecule has 2 atom stereocenters. The first-order valence-electron chi connectivity index (χ1n) is 10.1. The number of aromatic amines is 1. The number of fused-ring (bicyclic) bond motifs is 4. The summed E-state index contributed by atoms with van der Waals surface area (Å²) in [5.74, 6) is -0.0387. The van der Waals surface area contributed by atoms with Crippen molar-refractivity contribution in [3.8, 4) is 11.5 Å². The second kappa shape index (κ2) is 7.31. The summed E-state index contributed by atoms with van der Waals surface area (Å²) in [6, 6.07) is 11.8. The molecule has 2 aromatic carbocycles. The van der Waals surface area contributed by atoms with E-state index < -0.39 is 18.1 Å². The molecule has 8 heteroatoms. The Hall–Kier alpha value is -3.52. The average molecular weight is 421 g/mol. The van der Waals surface area contributed by atoms with Crippen LogP contribution >= 0.6 is 0 Å². The molecule has 2 aliphatic rings. The van der Waals surface area contributed by atoms with E-state index in [1.165, 1.54) is 4.90 Å². The second-order valence-electron chi connectivity index (χ2n) is 8.17. The third-order valence-electron chi connectivity index (χ3n) is 5.87. The number of likely N-dealkylation sites (N-methyl/N-ethyl adjacent to an activating group) is 1. The van der Waals surface area contributed by atoms with E-state index in [2.05, 4.69) is 4.98 Å². The molecule has 5 rings (SSSR count). The number of hydrogen-bond donors (Lipinski definition) is 2. The highest BCUT2D eigenvalue weighted by Crippen LogP contribution is 2.43. The minimum atomic E-state index is -1.02. The van der Waals surface area contributed by atoms with E-state index in [-0.39, 0.29) is 25.7 Å². The van der Waals surface area contributed by atoms with Crippen molar-refractivity contribution in [3.63, 3.8) is 0 Å². The molecule has 1 amide bonds. The first-order valence-corrected chi connectivity index (χ1v) is 10.1. The van der Waals surface area contributed by atoms with Crippen LogP contribution in [0.25, 0.3) is 10.9 Å². The van der Waals surface area contributed by atoms with Crippen LogP contribution < -0.4 is 9.47 Å². The van der Waals surface area contributed by atoms with Crippen LogP contribution in [0.1, 0.15) is 22.9 Å². The third kappa shape index (κ3) is 3.19. The van der Waals surface area contributed by atoms with Crippen LogP contribution in [0.5, 0.6) is 11.5 Å². The van der Waals surface area contributed by atoms with Crippen LogP contribution in [0.4, 0.5) is 0 Å². The van der Waals surface area contributed by atoms with Gasteiger partial charge in [-0.15, -0.1) is 0 Å². The summed E-state index contributed by atoms with van der Waals surface area (Å²) in [4.78, 5) is 32.3. The molecule has 0 bridgehead atoms. The number of ether oxygens (including phenoxy) is 2. The van der Waals surface area contributed by atoms with Gasteiger partial charge in [0.25, 0.3) is 0 Å². The Labute approximate surface area is 179 Å². The topological polar surface area (TPSA) is 95.1 Å². The molecule has 8 nitrogen and oxygen atoms in total. The zero-order chi connectivity index (χ0) is 21.7. The molecule has 0 fully saturated rings. The normalized spacial score (nSPS) is 19.6. The van der Waals surface area contributed by atoms with Crippen molar-refractivity contribution in [2.45, 2.75) is 18.5 Å². The molecule has 3 aromatic rings. The Morgan fingerprint density at radius 3 is 2.71 bits per heavy atom. The maximum absolute atomic E-state index is 13.3. The molecule has 31 heavy (non-hydrogen) atoms. The minimum absolute atomic E-state index is 0.112. The molecule has 1 aromatic heterocycles. The molecule has 0 saturated carbocycles. The van der Waals surface area contributed by atoms with E-state index in [9.17, 15) is 14.7 Å². The molecular weight excluding hydrogens is 398 g/mol. The molecule has 2 N–H and O–H groups in total. The Morgan fingerprint density at radius 2 is 1.94 bits per heavy atom.